The molecule has 1 fully saturated rings. The molecule has 1 aliphatic rings. The first kappa shape index (κ1) is 26.4. The molecule has 0 saturated heterocycles. The van der Waals surface area contributed by atoms with Crippen LogP contribution in [0.4, 0.5) is 13.2 Å². The van der Waals surface area contributed by atoms with Gasteiger partial charge in [0.05, 0.1) is 11.3 Å². The zero-order valence-corrected chi connectivity index (χ0v) is 20.6. The fourth-order valence-electron chi connectivity index (χ4n) is 4.33. The molecule has 1 aliphatic carbocycles. The summed E-state index contributed by atoms with van der Waals surface area (Å²) in [7, 11) is 0. The summed E-state index contributed by atoms with van der Waals surface area (Å²) in [5.74, 6) is 0.361. The van der Waals surface area contributed by atoms with Gasteiger partial charge in [0.2, 0.25) is 11.8 Å². The first-order valence-corrected chi connectivity index (χ1v) is 12.2. The Morgan fingerprint density at radius 3 is 2.38 bits per heavy atom. The number of aromatic nitrogens is 4. The molecule has 2 aromatic heterocycles. The molecule has 12 heteroatoms. The Labute approximate surface area is 211 Å². The van der Waals surface area contributed by atoms with Crippen LogP contribution >= 0.6 is 0 Å². The number of carbonyl (C=O) groups excluding carboxylic acids is 2. The molecule has 1 saturated carbocycles. The van der Waals surface area contributed by atoms with E-state index in [4.69, 9.17) is 4.52 Å². The molecule has 0 bridgehead atoms. The molecule has 4 rings (SSSR count). The average molecular weight is 519 g/mol. The third-order valence-electron chi connectivity index (χ3n) is 6.37. The molecule has 37 heavy (non-hydrogen) atoms. The molecule has 0 atom stereocenters. The topological polar surface area (TPSA) is 115 Å². The highest BCUT2D eigenvalue weighted by Gasteiger charge is 2.39. The van der Waals surface area contributed by atoms with Crippen LogP contribution in [0, 0.1) is 5.92 Å². The Bertz CT molecular complexity index is 1210. The minimum atomic E-state index is -4.79. The summed E-state index contributed by atoms with van der Waals surface area (Å²) in [6.07, 6.45) is -0.880. The highest BCUT2D eigenvalue weighted by molar-refractivity contribution is 5.95. The summed E-state index contributed by atoms with van der Waals surface area (Å²) in [4.78, 5) is 29.5. The zero-order chi connectivity index (χ0) is 26.6. The van der Waals surface area contributed by atoms with E-state index in [9.17, 15) is 22.8 Å². The molecule has 9 nitrogen and oxygen atoms in total. The summed E-state index contributed by atoms with van der Waals surface area (Å²) in [5, 5.41) is 12.8. The highest BCUT2D eigenvalue weighted by Crippen LogP contribution is 2.35. The molecule has 0 unspecified atom stereocenters. The van der Waals surface area contributed by atoms with E-state index in [0.717, 1.165) is 23.7 Å². The van der Waals surface area contributed by atoms with Gasteiger partial charge in [0.1, 0.15) is 0 Å². The number of nitrogens with one attached hydrogen (secondary N) is 2. The van der Waals surface area contributed by atoms with Gasteiger partial charge in [-0.3, -0.25) is 9.59 Å². The van der Waals surface area contributed by atoms with Gasteiger partial charge in [0.25, 0.3) is 5.91 Å². The SMILES string of the molecule is CC(C)c1nc(C2CCC(C(=O)NCCNC(=O)c3cn(-c4ccccc4)nc3C(F)(F)F)CC2)no1. The van der Waals surface area contributed by atoms with Gasteiger partial charge >= 0.3 is 6.18 Å². The molecular formula is C25H29F3N6O3. The Morgan fingerprint density at radius 2 is 1.76 bits per heavy atom. The fraction of sp³-hybridized carbons (Fsp3) is 0.480. The number of amides is 2. The summed E-state index contributed by atoms with van der Waals surface area (Å²) in [6, 6.07) is 8.22. The van der Waals surface area contributed by atoms with Crippen molar-refractivity contribution in [1.82, 2.24) is 30.6 Å². The van der Waals surface area contributed by atoms with Gasteiger partial charge in [-0.2, -0.15) is 23.3 Å². The average Bonchev–Trinajstić information content (AvgIpc) is 3.55. The lowest BCUT2D eigenvalue weighted by Crippen LogP contribution is -2.38. The van der Waals surface area contributed by atoms with E-state index in [1.165, 1.54) is 0 Å². The molecule has 198 valence electrons. The number of halogens is 3. The van der Waals surface area contributed by atoms with Crippen molar-refractivity contribution in [2.24, 2.45) is 5.92 Å². The van der Waals surface area contributed by atoms with Crippen molar-refractivity contribution in [2.45, 2.75) is 57.5 Å². The number of hydrogen-bond acceptors (Lipinski definition) is 6. The van der Waals surface area contributed by atoms with Crippen molar-refractivity contribution >= 4 is 11.8 Å². The molecule has 0 radical (unpaired) electrons. The Balaban J connectivity index is 1.26. The summed E-state index contributed by atoms with van der Waals surface area (Å²) < 4.78 is 46.8. The highest BCUT2D eigenvalue weighted by atomic mass is 19.4. The van der Waals surface area contributed by atoms with Crippen LogP contribution in [0.2, 0.25) is 0 Å². The van der Waals surface area contributed by atoms with Crippen LogP contribution in [-0.4, -0.2) is 44.8 Å². The lowest BCUT2D eigenvalue weighted by molar-refractivity contribution is -0.141. The van der Waals surface area contributed by atoms with E-state index in [1.54, 1.807) is 30.3 Å². The molecule has 2 N–H and O–H groups in total. The van der Waals surface area contributed by atoms with Crippen molar-refractivity contribution < 1.29 is 27.3 Å². The lowest BCUT2D eigenvalue weighted by atomic mass is 9.81. The van der Waals surface area contributed by atoms with E-state index in [1.807, 2.05) is 13.8 Å². The molecule has 0 spiro atoms. The van der Waals surface area contributed by atoms with Crippen LogP contribution < -0.4 is 10.6 Å². The van der Waals surface area contributed by atoms with Crippen molar-refractivity contribution in [2.75, 3.05) is 13.1 Å². The van der Waals surface area contributed by atoms with Gasteiger partial charge < -0.3 is 15.2 Å². The molecular weight excluding hydrogens is 489 g/mol. The van der Waals surface area contributed by atoms with E-state index < -0.39 is 23.3 Å². The normalized spacial score (nSPS) is 18.1. The molecule has 2 heterocycles. The molecule has 2 amide bonds. The van der Waals surface area contributed by atoms with Crippen LogP contribution in [-0.2, 0) is 11.0 Å². The predicted octanol–water partition coefficient (Wildman–Crippen LogP) is 4.22. The maximum Gasteiger partial charge on any atom is 0.435 e. The number of benzene rings is 1. The first-order valence-electron chi connectivity index (χ1n) is 12.2. The van der Waals surface area contributed by atoms with Crippen LogP contribution in [0.15, 0.2) is 41.1 Å². The summed E-state index contributed by atoms with van der Waals surface area (Å²) >= 11 is 0. The summed E-state index contributed by atoms with van der Waals surface area (Å²) in [5.41, 5.74) is -1.45. The van der Waals surface area contributed by atoms with Crippen molar-refractivity contribution in [1.29, 1.82) is 0 Å². The minimum absolute atomic E-state index is 0.0193. The van der Waals surface area contributed by atoms with Crippen LogP contribution in [0.25, 0.3) is 5.69 Å². The fourth-order valence-corrected chi connectivity index (χ4v) is 4.33. The van der Waals surface area contributed by atoms with E-state index in [2.05, 4.69) is 25.9 Å². The number of alkyl halides is 3. The largest absolute Gasteiger partial charge is 0.435 e. The first-order chi connectivity index (χ1) is 17.6. The molecule has 3 aromatic rings. The van der Waals surface area contributed by atoms with Crippen molar-refractivity contribution in [3.05, 3.63) is 59.5 Å². The van der Waals surface area contributed by atoms with Crippen LogP contribution in [0.5, 0.6) is 0 Å². The van der Waals surface area contributed by atoms with Gasteiger partial charge in [-0.25, -0.2) is 4.68 Å². The van der Waals surface area contributed by atoms with Gasteiger partial charge in [0.15, 0.2) is 11.5 Å². The minimum Gasteiger partial charge on any atom is -0.354 e. The molecule has 1 aromatic carbocycles. The van der Waals surface area contributed by atoms with Crippen LogP contribution in [0.1, 0.15) is 79.1 Å². The number of para-hydroxylation sites is 1. The second-order valence-electron chi connectivity index (χ2n) is 9.41. The quantitative estimate of drug-likeness (QED) is 0.432. The van der Waals surface area contributed by atoms with Gasteiger partial charge in [-0.15, -0.1) is 0 Å². The van der Waals surface area contributed by atoms with Crippen molar-refractivity contribution in [3.63, 3.8) is 0 Å². The number of rotatable bonds is 8. The third kappa shape index (κ3) is 6.36. The lowest BCUT2D eigenvalue weighted by Gasteiger charge is -2.25. The number of carbonyl (C=O) groups is 2. The smallest absolute Gasteiger partial charge is 0.354 e. The standard InChI is InChI=1S/C25H29F3N6O3/c1-15(2)24-31-21(33-37-24)16-8-10-17(11-9-16)22(35)29-12-13-30-23(36)19-14-34(18-6-4-3-5-7-18)32-20(19)25(26,27)28/h3-7,14-17H,8-13H2,1-2H3,(H,29,35)(H,30,36). The van der Waals surface area contributed by atoms with E-state index in [-0.39, 0.29) is 36.8 Å². The van der Waals surface area contributed by atoms with Crippen LogP contribution in [0.3, 0.4) is 0 Å². The van der Waals surface area contributed by atoms with E-state index >= 15 is 0 Å². The van der Waals surface area contributed by atoms with Gasteiger partial charge in [0, 0.05) is 37.0 Å². The Kier molecular flexibility index (Phi) is 7.94. The second-order valence-corrected chi connectivity index (χ2v) is 9.41. The monoisotopic (exact) mass is 518 g/mol. The summed E-state index contributed by atoms with van der Waals surface area (Å²) in [6.45, 7) is 4.04. The Hall–Kier alpha value is -3.70. The predicted molar refractivity (Wildman–Crippen MR) is 127 cm³/mol. The van der Waals surface area contributed by atoms with Gasteiger partial charge in [-0.1, -0.05) is 37.2 Å². The third-order valence-corrected chi connectivity index (χ3v) is 6.37. The number of nitrogens with zero attached hydrogens (tertiary/aromatic N) is 4. The van der Waals surface area contributed by atoms with Crippen molar-refractivity contribution in [3.8, 4) is 5.69 Å². The maximum atomic E-state index is 13.5. The maximum absolute atomic E-state index is 13.5. The Morgan fingerprint density at radius 1 is 1.08 bits per heavy atom. The molecule has 0 aliphatic heterocycles. The van der Waals surface area contributed by atoms with E-state index in [0.29, 0.717) is 30.2 Å². The zero-order valence-electron chi connectivity index (χ0n) is 20.6. The van der Waals surface area contributed by atoms with Gasteiger partial charge in [-0.05, 0) is 37.8 Å². The second kappa shape index (κ2) is 11.1. The number of hydrogen-bond donors (Lipinski definition) is 2.